The van der Waals surface area contributed by atoms with Crippen molar-refractivity contribution in [3.8, 4) is 0 Å². The van der Waals surface area contributed by atoms with Crippen LogP contribution in [0.5, 0.6) is 0 Å². The Balaban J connectivity index is 2.12. The van der Waals surface area contributed by atoms with Crippen molar-refractivity contribution in [2.24, 2.45) is 0 Å². The van der Waals surface area contributed by atoms with Crippen molar-refractivity contribution in [2.75, 3.05) is 11.4 Å². The highest BCUT2D eigenvalue weighted by Crippen LogP contribution is 2.28. The van der Waals surface area contributed by atoms with Crippen LogP contribution in [0.3, 0.4) is 0 Å². The van der Waals surface area contributed by atoms with Gasteiger partial charge < -0.3 is 4.98 Å². The Kier molecular flexibility index (Phi) is 2.17. The van der Waals surface area contributed by atoms with E-state index in [9.17, 15) is 4.79 Å². The van der Waals surface area contributed by atoms with Crippen LogP contribution in [0, 0.1) is 0 Å². The molecule has 1 aliphatic heterocycles. The maximum atomic E-state index is 11.8. The van der Waals surface area contributed by atoms with E-state index in [1.165, 1.54) is 6.33 Å². The van der Waals surface area contributed by atoms with Crippen molar-refractivity contribution in [1.29, 1.82) is 0 Å². The molecule has 2 aromatic rings. The number of nitrogens with zero attached hydrogens (tertiary/aromatic N) is 3. The molecule has 16 heavy (non-hydrogen) atoms. The summed E-state index contributed by atoms with van der Waals surface area (Å²) in [6, 6.07) is 1.89. The van der Waals surface area contributed by atoms with E-state index in [1.807, 2.05) is 6.07 Å². The molecule has 3 rings (SSSR count). The molecule has 1 saturated heterocycles. The highest BCUT2D eigenvalue weighted by molar-refractivity contribution is 9.09. The Morgan fingerprint density at radius 3 is 3.12 bits per heavy atom. The second kappa shape index (κ2) is 3.55. The SMILES string of the molecule is O=C1CC(Br)CN1c1ncnc2[nH]ccc12. The van der Waals surface area contributed by atoms with Crippen LogP contribution >= 0.6 is 15.9 Å². The molecule has 0 bridgehead atoms. The van der Waals surface area contributed by atoms with Crippen LogP contribution < -0.4 is 4.90 Å². The molecule has 6 heteroatoms. The number of fused-ring (bicyclic) bond motifs is 1. The maximum absolute atomic E-state index is 11.8. The lowest BCUT2D eigenvalue weighted by molar-refractivity contribution is -0.117. The van der Waals surface area contributed by atoms with Crippen LogP contribution in [0.2, 0.25) is 0 Å². The third kappa shape index (κ3) is 1.41. The maximum Gasteiger partial charge on any atom is 0.229 e. The summed E-state index contributed by atoms with van der Waals surface area (Å²) < 4.78 is 0. The van der Waals surface area contributed by atoms with E-state index >= 15 is 0 Å². The van der Waals surface area contributed by atoms with E-state index in [0.717, 1.165) is 11.0 Å². The molecular formula is C10H9BrN4O. The van der Waals surface area contributed by atoms with Crippen molar-refractivity contribution >= 4 is 38.7 Å². The lowest BCUT2D eigenvalue weighted by atomic mass is 10.3. The number of halogens is 1. The third-order valence-corrected chi connectivity index (χ3v) is 3.28. The predicted molar refractivity (Wildman–Crippen MR) is 63.6 cm³/mol. The normalized spacial score (nSPS) is 20.9. The van der Waals surface area contributed by atoms with Gasteiger partial charge in [0.15, 0.2) is 0 Å². The van der Waals surface area contributed by atoms with E-state index in [4.69, 9.17) is 0 Å². The van der Waals surface area contributed by atoms with Crippen molar-refractivity contribution in [2.45, 2.75) is 11.2 Å². The molecular weight excluding hydrogens is 272 g/mol. The molecule has 2 aromatic heterocycles. The van der Waals surface area contributed by atoms with Crippen LogP contribution in [-0.2, 0) is 4.79 Å². The van der Waals surface area contributed by atoms with Gasteiger partial charge in [-0.05, 0) is 6.07 Å². The zero-order valence-corrected chi connectivity index (χ0v) is 9.94. The molecule has 5 nitrogen and oxygen atoms in total. The second-order valence-electron chi connectivity index (χ2n) is 3.74. The first-order valence-electron chi connectivity index (χ1n) is 4.98. The molecule has 1 aliphatic rings. The van der Waals surface area contributed by atoms with Gasteiger partial charge in [-0.2, -0.15) is 0 Å². The smallest absolute Gasteiger partial charge is 0.229 e. The van der Waals surface area contributed by atoms with E-state index in [1.54, 1.807) is 11.1 Å². The summed E-state index contributed by atoms with van der Waals surface area (Å²) in [5.74, 6) is 0.793. The molecule has 1 amide bonds. The molecule has 82 valence electrons. The Morgan fingerprint density at radius 1 is 1.50 bits per heavy atom. The van der Waals surface area contributed by atoms with Crippen LogP contribution in [0.25, 0.3) is 11.0 Å². The number of H-pyrrole nitrogens is 1. The Hall–Kier alpha value is -1.43. The summed E-state index contributed by atoms with van der Waals surface area (Å²) in [6.45, 7) is 0.663. The minimum Gasteiger partial charge on any atom is -0.346 e. The summed E-state index contributed by atoms with van der Waals surface area (Å²) in [6.07, 6.45) is 3.80. The van der Waals surface area contributed by atoms with Crippen LogP contribution in [-0.4, -0.2) is 32.2 Å². The summed E-state index contributed by atoms with van der Waals surface area (Å²) in [5, 5.41) is 0.887. The van der Waals surface area contributed by atoms with Gasteiger partial charge in [-0.3, -0.25) is 9.69 Å². The number of aromatic amines is 1. The Labute approximate surface area is 100 Å². The average molecular weight is 281 g/mol. The lowest BCUT2D eigenvalue weighted by Gasteiger charge is -2.14. The van der Waals surface area contributed by atoms with E-state index in [0.29, 0.717) is 18.8 Å². The molecule has 3 heterocycles. The number of anilines is 1. The number of carbonyl (C=O) groups excluding carboxylic acids is 1. The molecule has 1 fully saturated rings. The van der Waals surface area contributed by atoms with Crippen LogP contribution in [0.1, 0.15) is 6.42 Å². The van der Waals surface area contributed by atoms with Crippen LogP contribution in [0.15, 0.2) is 18.6 Å². The Bertz CT molecular complexity index is 552. The summed E-state index contributed by atoms with van der Waals surface area (Å²) in [5.41, 5.74) is 0.760. The average Bonchev–Trinajstić information content (AvgIpc) is 2.84. The topological polar surface area (TPSA) is 61.9 Å². The number of aromatic nitrogens is 3. The van der Waals surface area contributed by atoms with Gasteiger partial charge in [-0.15, -0.1) is 0 Å². The van der Waals surface area contributed by atoms with Crippen molar-refractivity contribution in [3.63, 3.8) is 0 Å². The summed E-state index contributed by atoms with van der Waals surface area (Å²) in [4.78, 5) is 25.0. The molecule has 0 radical (unpaired) electrons. The monoisotopic (exact) mass is 280 g/mol. The summed E-state index contributed by atoms with van der Waals surface area (Å²) >= 11 is 3.46. The minimum atomic E-state index is 0.100. The molecule has 0 saturated carbocycles. The van der Waals surface area contributed by atoms with Gasteiger partial charge in [-0.25, -0.2) is 9.97 Å². The largest absolute Gasteiger partial charge is 0.346 e. The summed E-state index contributed by atoms with van der Waals surface area (Å²) in [7, 11) is 0. The number of nitrogens with one attached hydrogen (secondary N) is 1. The molecule has 1 N–H and O–H groups in total. The van der Waals surface area contributed by atoms with Gasteiger partial charge in [-0.1, -0.05) is 15.9 Å². The standard InChI is InChI=1S/C10H9BrN4O/c11-6-3-8(16)15(4-6)10-7-1-2-12-9(7)13-5-14-10/h1-2,5-6H,3-4H2,(H,12,13,14). The van der Waals surface area contributed by atoms with E-state index < -0.39 is 0 Å². The molecule has 0 aliphatic carbocycles. The molecule has 1 atom stereocenters. The third-order valence-electron chi connectivity index (χ3n) is 2.67. The van der Waals surface area contributed by atoms with E-state index in [-0.39, 0.29) is 10.7 Å². The number of carbonyl (C=O) groups is 1. The van der Waals surface area contributed by atoms with Crippen molar-refractivity contribution < 1.29 is 4.79 Å². The first-order valence-corrected chi connectivity index (χ1v) is 5.90. The highest BCUT2D eigenvalue weighted by Gasteiger charge is 2.30. The number of hydrogen-bond donors (Lipinski definition) is 1. The van der Waals surface area contributed by atoms with Gasteiger partial charge in [0.1, 0.15) is 17.8 Å². The van der Waals surface area contributed by atoms with Gasteiger partial charge in [0.2, 0.25) is 5.91 Å². The molecule has 0 spiro atoms. The van der Waals surface area contributed by atoms with Gasteiger partial charge in [0, 0.05) is 24.0 Å². The number of amides is 1. The number of rotatable bonds is 1. The van der Waals surface area contributed by atoms with E-state index in [2.05, 4.69) is 30.9 Å². The fourth-order valence-corrected chi connectivity index (χ4v) is 2.51. The predicted octanol–water partition coefficient (Wildman–Crippen LogP) is 1.46. The Morgan fingerprint density at radius 2 is 2.38 bits per heavy atom. The zero-order chi connectivity index (χ0) is 11.1. The highest BCUT2D eigenvalue weighted by atomic mass is 79.9. The van der Waals surface area contributed by atoms with Gasteiger partial charge in [0.05, 0.1) is 5.39 Å². The first-order chi connectivity index (χ1) is 7.75. The van der Waals surface area contributed by atoms with Crippen molar-refractivity contribution in [1.82, 2.24) is 15.0 Å². The zero-order valence-electron chi connectivity index (χ0n) is 8.35. The molecule has 0 aromatic carbocycles. The second-order valence-corrected chi connectivity index (χ2v) is 5.04. The number of alkyl halides is 1. The van der Waals surface area contributed by atoms with Crippen LogP contribution in [0.4, 0.5) is 5.82 Å². The lowest BCUT2D eigenvalue weighted by Crippen LogP contribution is -2.25. The minimum absolute atomic E-state index is 0.100. The molecule has 1 unspecified atom stereocenters. The number of hydrogen-bond acceptors (Lipinski definition) is 3. The van der Waals surface area contributed by atoms with Crippen molar-refractivity contribution in [3.05, 3.63) is 18.6 Å². The van der Waals surface area contributed by atoms with Gasteiger partial charge >= 0.3 is 0 Å². The fraction of sp³-hybridized carbons (Fsp3) is 0.300. The fourth-order valence-electron chi connectivity index (χ4n) is 1.94. The van der Waals surface area contributed by atoms with Gasteiger partial charge in [0.25, 0.3) is 0 Å². The first kappa shape index (κ1) is 9.77. The quantitative estimate of drug-likeness (QED) is 0.805.